The molecular weight excluding hydrogens is 186 g/mol. The lowest BCUT2D eigenvalue weighted by atomic mass is 9.80. The van der Waals surface area contributed by atoms with Gasteiger partial charge in [-0.1, -0.05) is 33.1 Å². The molecule has 1 unspecified atom stereocenters. The van der Waals surface area contributed by atoms with Crippen molar-refractivity contribution in [1.82, 2.24) is 4.90 Å². The number of ether oxygens (including phenoxy) is 1. The first-order valence-electron chi connectivity index (χ1n) is 6.24. The maximum atomic E-state index is 5.40. The summed E-state index contributed by atoms with van der Waals surface area (Å²) in [5.74, 6) is 0. The quantitative estimate of drug-likeness (QED) is 0.548. The van der Waals surface area contributed by atoms with Crippen LogP contribution in [0.5, 0.6) is 0 Å². The third-order valence-electron chi connectivity index (χ3n) is 3.16. The molecule has 0 aliphatic heterocycles. The minimum absolute atomic E-state index is 0.368. The SMILES string of the molecule is CCCCCC(CC)(COC)CN(C)C. The summed E-state index contributed by atoms with van der Waals surface area (Å²) in [5, 5.41) is 0. The highest BCUT2D eigenvalue weighted by Crippen LogP contribution is 2.30. The van der Waals surface area contributed by atoms with Crippen molar-refractivity contribution in [3.63, 3.8) is 0 Å². The Labute approximate surface area is 96.0 Å². The van der Waals surface area contributed by atoms with Crippen LogP contribution in [0, 0.1) is 5.41 Å². The molecule has 1 atom stereocenters. The van der Waals surface area contributed by atoms with Gasteiger partial charge in [0.25, 0.3) is 0 Å². The molecule has 0 heterocycles. The topological polar surface area (TPSA) is 12.5 Å². The van der Waals surface area contributed by atoms with E-state index >= 15 is 0 Å². The minimum Gasteiger partial charge on any atom is -0.384 e. The Morgan fingerprint density at radius 2 is 1.80 bits per heavy atom. The first-order valence-corrected chi connectivity index (χ1v) is 6.24. The van der Waals surface area contributed by atoms with Gasteiger partial charge in [-0.25, -0.2) is 0 Å². The van der Waals surface area contributed by atoms with E-state index in [2.05, 4.69) is 32.8 Å². The summed E-state index contributed by atoms with van der Waals surface area (Å²) in [6.07, 6.45) is 6.49. The van der Waals surface area contributed by atoms with Crippen LogP contribution in [-0.4, -0.2) is 39.3 Å². The van der Waals surface area contributed by atoms with Gasteiger partial charge >= 0.3 is 0 Å². The second-order valence-corrected chi connectivity index (χ2v) is 4.98. The summed E-state index contributed by atoms with van der Waals surface area (Å²) in [6, 6.07) is 0. The van der Waals surface area contributed by atoms with Crippen LogP contribution < -0.4 is 0 Å². The van der Waals surface area contributed by atoms with Gasteiger partial charge in [-0.05, 0) is 26.9 Å². The molecule has 92 valence electrons. The molecule has 0 saturated carbocycles. The van der Waals surface area contributed by atoms with E-state index in [-0.39, 0.29) is 0 Å². The van der Waals surface area contributed by atoms with Crippen LogP contribution in [-0.2, 0) is 4.74 Å². The van der Waals surface area contributed by atoms with Gasteiger partial charge in [0, 0.05) is 19.1 Å². The molecule has 0 rings (SSSR count). The zero-order valence-corrected chi connectivity index (χ0v) is 11.3. The number of unbranched alkanes of at least 4 members (excludes halogenated alkanes) is 2. The second kappa shape index (κ2) is 8.12. The molecule has 0 bridgehead atoms. The fourth-order valence-corrected chi connectivity index (χ4v) is 2.31. The average molecular weight is 215 g/mol. The predicted octanol–water partition coefficient (Wildman–Crippen LogP) is 3.17. The van der Waals surface area contributed by atoms with Crippen LogP contribution in [0.15, 0.2) is 0 Å². The predicted molar refractivity (Wildman–Crippen MR) is 67.3 cm³/mol. The van der Waals surface area contributed by atoms with E-state index in [1.54, 1.807) is 0 Å². The molecule has 0 N–H and O–H groups in total. The van der Waals surface area contributed by atoms with Crippen LogP contribution in [0.4, 0.5) is 0 Å². The van der Waals surface area contributed by atoms with Gasteiger partial charge in [-0.3, -0.25) is 0 Å². The van der Waals surface area contributed by atoms with Crippen molar-refractivity contribution in [3.05, 3.63) is 0 Å². The highest BCUT2D eigenvalue weighted by Gasteiger charge is 2.28. The molecule has 0 fully saturated rings. The molecule has 0 aromatic rings. The Kier molecular flexibility index (Phi) is 8.07. The highest BCUT2D eigenvalue weighted by molar-refractivity contribution is 4.80. The Morgan fingerprint density at radius 1 is 1.13 bits per heavy atom. The van der Waals surface area contributed by atoms with E-state index in [0.29, 0.717) is 5.41 Å². The summed E-state index contributed by atoms with van der Waals surface area (Å²) >= 11 is 0. The van der Waals surface area contributed by atoms with Gasteiger partial charge in [0.1, 0.15) is 0 Å². The Balaban J connectivity index is 4.22. The van der Waals surface area contributed by atoms with Gasteiger partial charge in [0.2, 0.25) is 0 Å². The molecule has 2 nitrogen and oxygen atoms in total. The summed E-state index contributed by atoms with van der Waals surface area (Å²) in [7, 11) is 6.12. The van der Waals surface area contributed by atoms with Crippen molar-refractivity contribution in [1.29, 1.82) is 0 Å². The van der Waals surface area contributed by atoms with Crippen molar-refractivity contribution < 1.29 is 4.74 Å². The standard InChI is InChI=1S/C13H29NO/c1-6-8-9-10-13(7-2,12-15-5)11-14(3)4/h6-12H2,1-5H3. The summed E-state index contributed by atoms with van der Waals surface area (Å²) in [5.41, 5.74) is 0.368. The van der Waals surface area contributed by atoms with E-state index in [4.69, 9.17) is 4.74 Å². The average Bonchev–Trinajstić information content (AvgIpc) is 2.17. The molecule has 0 aromatic carbocycles. The van der Waals surface area contributed by atoms with Crippen LogP contribution in [0.3, 0.4) is 0 Å². The normalized spacial score (nSPS) is 15.6. The van der Waals surface area contributed by atoms with Gasteiger partial charge in [-0.2, -0.15) is 0 Å². The Morgan fingerprint density at radius 3 is 2.20 bits per heavy atom. The van der Waals surface area contributed by atoms with Gasteiger partial charge < -0.3 is 9.64 Å². The van der Waals surface area contributed by atoms with Gasteiger partial charge in [0.15, 0.2) is 0 Å². The second-order valence-electron chi connectivity index (χ2n) is 4.98. The maximum absolute atomic E-state index is 5.40. The number of hydrogen-bond donors (Lipinski definition) is 0. The Bertz CT molecular complexity index is 147. The summed E-state index contributed by atoms with van der Waals surface area (Å²) in [6.45, 7) is 6.58. The number of hydrogen-bond acceptors (Lipinski definition) is 2. The largest absolute Gasteiger partial charge is 0.384 e. The number of rotatable bonds is 9. The first kappa shape index (κ1) is 14.9. The fourth-order valence-electron chi connectivity index (χ4n) is 2.31. The lowest BCUT2D eigenvalue weighted by molar-refractivity contribution is 0.0453. The van der Waals surface area contributed by atoms with Crippen molar-refractivity contribution in [2.45, 2.75) is 46.0 Å². The molecule has 0 radical (unpaired) electrons. The number of methoxy groups -OCH3 is 1. The zero-order valence-electron chi connectivity index (χ0n) is 11.3. The van der Waals surface area contributed by atoms with Crippen LogP contribution >= 0.6 is 0 Å². The highest BCUT2D eigenvalue weighted by atomic mass is 16.5. The van der Waals surface area contributed by atoms with E-state index in [9.17, 15) is 0 Å². The lowest BCUT2D eigenvalue weighted by Crippen LogP contribution is -2.37. The number of nitrogens with zero attached hydrogens (tertiary/aromatic N) is 1. The summed E-state index contributed by atoms with van der Waals surface area (Å²) < 4.78 is 5.40. The minimum atomic E-state index is 0.368. The molecule has 2 heteroatoms. The molecular formula is C13H29NO. The molecule has 0 aliphatic rings. The fraction of sp³-hybridized carbons (Fsp3) is 1.00. The third kappa shape index (κ3) is 6.16. The zero-order chi connectivity index (χ0) is 11.7. The van der Waals surface area contributed by atoms with Gasteiger partial charge in [-0.15, -0.1) is 0 Å². The van der Waals surface area contributed by atoms with E-state index < -0.39 is 0 Å². The molecule has 0 amide bonds. The maximum Gasteiger partial charge on any atom is 0.0530 e. The van der Waals surface area contributed by atoms with Gasteiger partial charge in [0.05, 0.1) is 6.61 Å². The molecule has 15 heavy (non-hydrogen) atoms. The van der Waals surface area contributed by atoms with E-state index in [0.717, 1.165) is 13.2 Å². The van der Waals surface area contributed by atoms with Crippen LogP contribution in [0.1, 0.15) is 46.0 Å². The molecule has 0 saturated heterocycles. The van der Waals surface area contributed by atoms with Crippen molar-refractivity contribution in [2.24, 2.45) is 5.41 Å². The van der Waals surface area contributed by atoms with E-state index in [1.807, 2.05) is 7.11 Å². The smallest absolute Gasteiger partial charge is 0.0530 e. The molecule has 0 aliphatic carbocycles. The molecule has 0 aromatic heterocycles. The van der Waals surface area contributed by atoms with Crippen LogP contribution in [0.2, 0.25) is 0 Å². The monoisotopic (exact) mass is 215 g/mol. The first-order chi connectivity index (χ1) is 7.10. The lowest BCUT2D eigenvalue weighted by Gasteiger charge is -2.35. The third-order valence-corrected chi connectivity index (χ3v) is 3.16. The van der Waals surface area contributed by atoms with E-state index in [1.165, 1.54) is 32.1 Å². The van der Waals surface area contributed by atoms with Crippen molar-refractivity contribution in [2.75, 3.05) is 34.4 Å². The molecule has 0 spiro atoms. The van der Waals surface area contributed by atoms with Crippen molar-refractivity contribution in [3.8, 4) is 0 Å². The van der Waals surface area contributed by atoms with Crippen LogP contribution in [0.25, 0.3) is 0 Å². The Hall–Kier alpha value is -0.0800. The summed E-state index contributed by atoms with van der Waals surface area (Å²) in [4.78, 5) is 2.29. The van der Waals surface area contributed by atoms with Crippen molar-refractivity contribution >= 4 is 0 Å².